The SMILES string of the molecule is Cc1ccc(-c2csc(NC(=O)CCNS(=O)(=O)c3ccc(F)cc3)n2)s1. The molecule has 0 aliphatic rings. The summed E-state index contributed by atoms with van der Waals surface area (Å²) in [4.78, 5) is 18.5. The number of anilines is 1. The quantitative estimate of drug-likeness (QED) is 0.605. The smallest absolute Gasteiger partial charge is 0.240 e. The number of carbonyl (C=O) groups is 1. The van der Waals surface area contributed by atoms with Gasteiger partial charge in [0.15, 0.2) is 5.13 Å². The van der Waals surface area contributed by atoms with Gasteiger partial charge in [-0.15, -0.1) is 22.7 Å². The van der Waals surface area contributed by atoms with E-state index in [0.717, 1.165) is 22.7 Å². The Labute approximate surface area is 164 Å². The molecule has 142 valence electrons. The Bertz CT molecular complexity index is 1040. The zero-order valence-electron chi connectivity index (χ0n) is 14.2. The second-order valence-electron chi connectivity index (χ2n) is 5.60. The molecular weight excluding hydrogens is 409 g/mol. The second-order valence-corrected chi connectivity index (χ2v) is 9.51. The van der Waals surface area contributed by atoms with E-state index in [1.54, 1.807) is 11.3 Å². The van der Waals surface area contributed by atoms with Gasteiger partial charge in [0, 0.05) is 23.2 Å². The molecule has 0 bridgehead atoms. The topological polar surface area (TPSA) is 88.2 Å². The number of thiophene rings is 1. The molecule has 2 heterocycles. The van der Waals surface area contributed by atoms with Gasteiger partial charge >= 0.3 is 0 Å². The summed E-state index contributed by atoms with van der Waals surface area (Å²) in [5.74, 6) is -0.867. The number of carbonyl (C=O) groups excluding carboxylic acids is 1. The van der Waals surface area contributed by atoms with Crippen LogP contribution in [0.5, 0.6) is 0 Å². The number of hydrogen-bond acceptors (Lipinski definition) is 6. The van der Waals surface area contributed by atoms with Crippen molar-refractivity contribution in [1.82, 2.24) is 9.71 Å². The van der Waals surface area contributed by atoms with Crippen LogP contribution in [0.2, 0.25) is 0 Å². The van der Waals surface area contributed by atoms with Crippen LogP contribution in [0.25, 0.3) is 10.6 Å². The van der Waals surface area contributed by atoms with Crippen molar-refractivity contribution >= 4 is 43.7 Å². The fraction of sp³-hybridized carbons (Fsp3) is 0.176. The lowest BCUT2D eigenvalue weighted by molar-refractivity contribution is -0.116. The highest BCUT2D eigenvalue weighted by Gasteiger charge is 2.15. The monoisotopic (exact) mass is 425 g/mol. The highest BCUT2D eigenvalue weighted by Crippen LogP contribution is 2.30. The first-order valence-corrected chi connectivity index (χ1v) is 11.1. The van der Waals surface area contributed by atoms with E-state index in [2.05, 4.69) is 15.0 Å². The summed E-state index contributed by atoms with van der Waals surface area (Å²) in [5.41, 5.74) is 0.797. The average molecular weight is 426 g/mol. The maximum atomic E-state index is 12.9. The first-order valence-electron chi connectivity index (χ1n) is 7.91. The van der Waals surface area contributed by atoms with Crippen molar-refractivity contribution in [3.8, 4) is 10.6 Å². The summed E-state index contributed by atoms with van der Waals surface area (Å²) in [6.45, 7) is 1.93. The Balaban J connectivity index is 1.51. The Kier molecular flexibility index (Phi) is 6.00. The van der Waals surface area contributed by atoms with Crippen LogP contribution in [-0.4, -0.2) is 25.9 Å². The van der Waals surface area contributed by atoms with Gasteiger partial charge in [0.2, 0.25) is 15.9 Å². The zero-order chi connectivity index (χ0) is 19.4. The summed E-state index contributed by atoms with van der Waals surface area (Å²) in [6.07, 6.45) is -0.0482. The van der Waals surface area contributed by atoms with E-state index in [1.165, 1.54) is 28.3 Å². The summed E-state index contributed by atoms with van der Waals surface area (Å²) in [7, 11) is -3.78. The van der Waals surface area contributed by atoms with Crippen LogP contribution < -0.4 is 10.0 Å². The van der Waals surface area contributed by atoms with Crippen LogP contribution in [0.15, 0.2) is 46.7 Å². The molecule has 3 rings (SSSR count). The highest BCUT2D eigenvalue weighted by molar-refractivity contribution is 7.89. The number of sulfonamides is 1. The summed E-state index contributed by atoms with van der Waals surface area (Å²) in [5, 5.41) is 4.98. The number of thiazole rings is 1. The van der Waals surface area contributed by atoms with Crippen molar-refractivity contribution in [2.45, 2.75) is 18.2 Å². The van der Waals surface area contributed by atoms with Crippen molar-refractivity contribution in [2.75, 3.05) is 11.9 Å². The molecule has 0 saturated heterocycles. The van der Waals surface area contributed by atoms with E-state index in [0.29, 0.717) is 5.13 Å². The molecule has 0 radical (unpaired) electrons. The van der Waals surface area contributed by atoms with E-state index in [9.17, 15) is 17.6 Å². The molecule has 0 unspecified atom stereocenters. The maximum absolute atomic E-state index is 12.9. The second kappa shape index (κ2) is 8.26. The maximum Gasteiger partial charge on any atom is 0.240 e. The predicted molar refractivity (Wildman–Crippen MR) is 105 cm³/mol. The summed E-state index contributed by atoms with van der Waals surface area (Å²) in [6, 6.07) is 8.45. The molecule has 27 heavy (non-hydrogen) atoms. The molecule has 1 amide bonds. The van der Waals surface area contributed by atoms with Crippen molar-refractivity contribution < 1.29 is 17.6 Å². The van der Waals surface area contributed by atoms with Gasteiger partial charge in [0.05, 0.1) is 15.5 Å². The number of hydrogen-bond donors (Lipinski definition) is 2. The highest BCUT2D eigenvalue weighted by atomic mass is 32.2. The molecule has 0 atom stereocenters. The van der Waals surface area contributed by atoms with Gasteiger partial charge in [-0.25, -0.2) is 22.5 Å². The molecule has 1 aromatic carbocycles. The lowest BCUT2D eigenvalue weighted by Crippen LogP contribution is -2.27. The Hall–Kier alpha value is -2.14. The van der Waals surface area contributed by atoms with Gasteiger partial charge in [-0.1, -0.05) is 0 Å². The fourth-order valence-electron chi connectivity index (χ4n) is 2.19. The minimum atomic E-state index is -3.78. The van der Waals surface area contributed by atoms with Gasteiger partial charge < -0.3 is 5.32 Å². The van der Waals surface area contributed by atoms with Gasteiger partial charge in [-0.2, -0.15) is 0 Å². The number of rotatable bonds is 7. The molecule has 0 saturated carbocycles. The zero-order valence-corrected chi connectivity index (χ0v) is 16.7. The van der Waals surface area contributed by atoms with Gasteiger partial charge in [-0.05, 0) is 43.3 Å². The van der Waals surface area contributed by atoms with Gasteiger partial charge in [-0.3, -0.25) is 4.79 Å². The van der Waals surface area contributed by atoms with E-state index in [1.807, 2.05) is 24.4 Å². The minimum absolute atomic E-state index is 0.0482. The number of halogens is 1. The largest absolute Gasteiger partial charge is 0.302 e. The van der Waals surface area contributed by atoms with E-state index in [4.69, 9.17) is 0 Å². The molecule has 0 fully saturated rings. The van der Waals surface area contributed by atoms with Gasteiger partial charge in [0.25, 0.3) is 0 Å². The van der Waals surface area contributed by atoms with Crippen molar-refractivity contribution in [1.29, 1.82) is 0 Å². The first-order chi connectivity index (χ1) is 12.8. The van der Waals surface area contributed by atoms with Crippen LogP contribution in [-0.2, 0) is 14.8 Å². The normalized spacial score (nSPS) is 11.5. The number of nitrogens with one attached hydrogen (secondary N) is 2. The predicted octanol–water partition coefficient (Wildman–Crippen LogP) is 3.63. The number of aromatic nitrogens is 1. The molecule has 0 aliphatic heterocycles. The first kappa shape index (κ1) is 19.6. The van der Waals surface area contributed by atoms with Crippen molar-refractivity contribution in [3.63, 3.8) is 0 Å². The Morgan fingerprint density at radius 2 is 1.93 bits per heavy atom. The van der Waals surface area contributed by atoms with E-state index in [-0.39, 0.29) is 23.8 Å². The van der Waals surface area contributed by atoms with Crippen LogP contribution in [0.4, 0.5) is 9.52 Å². The summed E-state index contributed by atoms with van der Waals surface area (Å²) < 4.78 is 39.3. The van der Waals surface area contributed by atoms with Crippen LogP contribution in [0.3, 0.4) is 0 Å². The lowest BCUT2D eigenvalue weighted by atomic mass is 10.4. The van der Waals surface area contributed by atoms with Crippen LogP contribution in [0.1, 0.15) is 11.3 Å². The average Bonchev–Trinajstić information content (AvgIpc) is 3.24. The third-order valence-electron chi connectivity index (χ3n) is 3.51. The van der Waals surface area contributed by atoms with Crippen molar-refractivity contribution in [3.05, 3.63) is 52.5 Å². The number of amides is 1. The Morgan fingerprint density at radius 1 is 1.19 bits per heavy atom. The molecule has 0 spiro atoms. The molecule has 2 N–H and O–H groups in total. The minimum Gasteiger partial charge on any atom is -0.302 e. The third kappa shape index (κ3) is 5.19. The van der Waals surface area contributed by atoms with Crippen molar-refractivity contribution in [2.24, 2.45) is 0 Å². The molecule has 10 heteroatoms. The standard InChI is InChI=1S/C17H16FN3O3S3/c1-11-2-7-15(26-11)14-10-25-17(20-14)21-16(22)8-9-19-27(23,24)13-5-3-12(18)4-6-13/h2-7,10,19H,8-9H2,1H3,(H,20,21,22). The molecule has 3 aromatic rings. The molecule has 6 nitrogen and oxygen atoms in total. The van der Waals surface area contributed by atoms with Crippen LogP contribution >= 0.6 is 22.7 Å². The number of nitrogens with zero attached hydrogens (tertiary/aromatic N) is 1. The lowest BCUT2D eigenvalue weighted by Gasteiger charge is -2.06. The van der Waals surface area contributed by atoms with E-state index < -0.39 is 15.8 Å². The van der Waals surface area contributed by atoms with E-state index >= 15 is 0 Å². The molecule has 2 aromatic heterocycles. The van der Waals surface area contributed by atoms with Crippen LogP contribution in [0, 0.1) is 12.7 Å². The fourth-order valence-corrected chi connectivity index (χ4v) is 4.86. The Morgan fingerprint density at radius 3 is 2.59 bits per heavy atom. The molecular formula is C17H16FN3O3S3. The number of benzene rings is 1. The summed E-state index contributed by atoms with van der Waals surface area (Å²) >= 11 is 2.93. The van der Waals surface area contributed by atoms with Gasteiger partial charge in [0.1, 0.15) is 5.82 Å². The molecule has 0 aliphatic carbocycles. The third-order valence-corrected chi connectivity index (χ3v) is 6.77. The number of aryl methyl sites for hydroxylation is 1.